The Morgan fingerprint density at radius 2 is 1.79 bits per heavy atom. The van der Waals surface area contributed by atoms with E-state index in [0.29, 0.717) is 56.3 Å². The van der Waals surface area contributed by atoms with Crippen molar-refractivity contribution in [1.29, 1.82) is 0 Å². The molecule has 3 aromatic heterocycles. The maximum absolute atomic E-state index is 6.14. The molecule has 0 N–H and O–H groups in total. The molecule has 0 amide bonds. The van der Waals surface area contributed by atoms with Crippen molar-refractivity contribution in [3.8, 4) is 28.5 Å². The van der Waals surface area contributed by atoms with Crippen LogP contribution in [0, 0.1) is 6.92 Å². The molecular weight excluding hydrogens is 476 g/mol. The summed E-state index contributed by atoms with van der Waals surface area (Å²) >= 11 is 7.57. The molecule has 0 aliphatic rings. The van der Waals surface area contributed by atoms with Crippen LogP contribution in [0.25, 0.3) is 22.7 Å². The third-order valence-electron chi connectivity index (χ3n) is 5.03. The summed E-state index contributed by atoms with van der Waals surface area (Å²) in [6, 6.07) is 17.0. The highest BCUT2D eigenvalue weighted by Crippen LogP contribution is 2.34. The van der Waals surface area contributed by atoms with Crippen LogP contribution in [0.15, 0.2) is 68.7 Å². The smallest absolute Gasteiger partial charge is 0.253 e. The Kier molecular flexibility index (Phi) is 6.33. The second-order valence-corrected chi connectivity index (χ2v) is 8.64. The average molecular weight is 495 g/mol. The van der Waals surface area contributed by atoms with Crippen molar-refractivity contribution >= 4 is 23.4 Å². The molecule has 3 heterocycles. The van der Waals surface area contributed by atoms with Crippen LogP contribution in [0.2, 0.25) is 5.02 Å². The number of ether oxygens (including phenoxy) is 1. The second kappa shape index (κ2) is 9.70. The largest absolute Gasteiger partial charge is 0.484 e. The van der Waals surface area contributed by atoms with Crippen LogP contribution in [-0.2, 0) is 19.4 Å². The van der Waals surface area contributed by atoms with E-state index in [2.05, 4.69) is 25.6 Å². The van der Waals surface area contributed by atoms with Gasteiger partial charge in [-0.3, -0.25) is 0 Å². The summed E-state index contributed by atoms with van der Waals surface area (Å²) < 4.78 is 18.9. The van der Waals surface area contributed by atoms with E-state index >= 15 is 0 Å². The molecule has 2 aromatic carbocycles. The first-order valence-corrected chi connectivity index (χ1v) is 11.7. The van der Waals surface area contributed by atoms with Crippen molar-refractivity contribution in [2.75, 3.05) is 0 Å². The molecule has 0 bridgehead atoms. The number of halogens is 1. The van der Waals surface area contributed by atoms with E-state index in [1.807, 2.05) is 67.1 Å². The normalized spacial score (nSPS) is 11.1. The van der Waals surface area contributed by atoms with Gasteiger partial charge >= 0.3 is 0 Å². The fourth-order valence-corrected chi connectivity index (χ4v) is 4.21. The van der Waals surface area contributed by atoms with Crippen LogP contribution in [-0.4, -0.2) is 30.1 Å². The summed E-state index contributed by atoms with van der Waals surface area (Å²) in [6.07, 6.45) is 0. The lowest BCUT2D eigenvalue weighted by atomic mass is 10.1. The Balaban J connectivity index is 1.26. The number of aromatic nitrogens is 6. The van der Waals surface area contributed by atoms with Gasteiger partial charge < -0.3 is 18.2 Å². The number of thioether (sulfide) groups is 1. The highest BCUT2D eigenvalue weighted by Gasteiger charge is 2.22. The molecule has 0 aliphatic carbocycles. The first-order valence-electron chi connectivity index (χ1n) is 10.3. The number of aryl methyl sites for hydroxylation is 1. The van der Waals surface area contributed by atoms with E-state index in [4.69, 9.17) is 25.3 Å². The lowest BCUT2D eigenvalue weighted by molar-refractivity contribution is 0.290. The van der Waals surface area contributed by atoms with Crippen LogP contribution >= 0.6 is 23.4 Å². The highest BCUT2D eigenvalue weighted by molar-refractivity contribution is 7.98. The molecule has 5 aromatic rings. The molecule has 0 fully saturated rings. The molecule has 0 saturated carbocycles. The number of para-hydroxylation sites is 1. The molecule has 0 radical (unpaired) electrons. The van der Waals surface area contributed by atoms with Crippen molar-refractivity contribution < 1.29 is 13.7 Å². The zero-order valence-corrected chi connectivity index (χ0v) is 19.9. The van der Waals surface area contributed by atoms with Crippen LogP contribution in [0.4, 0.5) is 0 Å². The fourth-order valence-electron chi connectivity index (χ4n) is 3.26. The van der Waals surface area contributed by atoms with Gasteiger partial charge in [-0.25, -0.2) is 0 Å². The van der Waals surface area contributed by atoms with E-state index in [-0.39, 0.29) is 6.61 Å². The molecule has 9 nitrogen and oxygen atoms in total. The van der Waals surface area contributed by atoms with Crippen molar-refractivity contribution in [2.45, 2.75) is 24.4 Å². The Hall–Kier alpha value is -3.63. The van der Waals surface area contributed by atoms with Crippen molar-refractivity contribution in [3.63, 3.8) is 0 Å². The average Bonchev–Trinajstić information content (AvgIpc) is 3.56. The van der Waals surface area contributed by atoms with E-state index in [1.165, 1.54) is 11.8 Å². The third-order valence-corrected chi connectivity index (χ3v) is 6.35. The third kappa shape index (κ3) is 4.55. The van der Waals surface area contributed by atoms with E-state index in [9.17, 15) is 0 Å². The van der Waals surface area contributed by atoms with Crippen LogP contribution in [0.1, 0.15) is 17.5 Å². The van der Waals surface area contributed by atoms with Crippen molar-refractivity contribution in [1.82, 2.24) is 30.1 Å². The van der Waals surface area contributed by atoms with Gasteiger partial charge in [0.15, 0.2) is 11.0 Å². The van der Waals surface area contributed by atoms with Gasteiger partial charge in [-0.15, -0.1) is 20.4 Å². The standard InChI is InChI=1S/C23H19ClN6O3S/c1-14-20(21(29-33-14)15-8-4-3-5-9-15)22-27-26-19(32-22)13-34-23-28-25-18(30(23)2)12-31-17-11-7-6-10-16(17)24/h3-11H,12-13H2,1-2H3. The molecular formula is C23H19ClN6O3S. The quantitative estimate of drug-likeness (QED) is 0.264. The SMILES string of the molecule is Cc1onc(-c2ccccc2)c1-c1nnc(CSc2nnc(COc3ccccc3Cl)n2C)o1. The molecule has 0 aliphatic heterocycles. The van der Waals surface area contributed by atoms with Crippen molar-refractivity contribution in [3.05, 3.63) is 77.1 Å². The predicted octanol–water partition coefficient (Wildman–Crippen LogP) is 5.35. The number of benzene rings is 2. The maximum Gasteiger partial charge on any atom is 0.253 e. The molecule has 0 spiro atoms. The second-order valence-electron chi connectivity index (χ2n) is 7.29. The molecule has 0 saturated heterocycles. The number of rotatable bonds is 8. The van der Waals surface area contributed by atoms with Gasteiger partial charge in [-0.05, 0) is 19.1 Å². The Morgan fingerprint density at radius 3 is 2.62 bits per heavy atom. The topological polar surface area (TPSA) is 105 Å². The summed E-state index contributed by atoms with van der Waals surface area (Å²) in [5.41, 5.74) is 2.26. The van der Waals surface area contributed by atoms with Crippen molar-refractivity contribution in [2.24, 2.45) is 7.05 Å². The minimum Gasteiger partial charge on any atom is -0.484 e. The minimum absolute atomic E-state index is 0.244. The zero-order valence-electron chi connectivity index (χ0n) is 18.3. The molecule has 11 heteroatoms. The van der Waals surface area contributed by atoms with Gasteiger partial charge in [0, 0.05) is 12.6 Å². The summed E-state index contributed by atoms with van der Waals surface area (Å²) in [5, 5.41) is 22.3. The number of hydrogen-bond acceptors (Lipinski definition) is 9. The van der Waals surface area contributed by atoms with E-state index in [1.54, 1.807) is 6.07 Å². The molecule has 0 unspecified atom stereocenters. The monoisotopic (exact) mass is 494 g/mol. The molecule has 5 rings (SSSR count). The van der Waals surface area contributed by atoms with Gasteiger partial charge in [-0.2, -0.15) is 0 Å². The first-order chi connectivity index (χ1) is 16.6. The fraction of sp³-hybridized carbons (Fsp3) is 0.174. The van der Waals surface area contributed by atoms with Gasteiger partial charge in [0.2, 0.25) is 5.89 Å². The predicted molar refractivity (Wildman–Crippen MR) is 126 cm³/mol. The summed E-state index contributed by atoms with van der Waals surface area (Å²) in [7, 11) is 1.87. The van der Waals surface area contributed by atoms with E-state index < -0.39 is 0 Å². The Bertz CT molecular complexity index is 1420. The molecule has 0 atom stereocenters. The summed E-state index contributed by atoms with van der Waals surface area (Å²) in [5.74, 6) is 3.12. The maximum atomic E-state index is 6.14. The van der Waals surface area contributed by atoms with Crippen LogP contribution in [0.3, 0.4) is 0 Å². The van der Waals surface area contributed by atoms with Crippen LogP contribution < -0.4 is 4.74 Å². The van der Waals surface area contributed by atoms with Gasteiger partial charge in [0.05, 0.1) is 10.8 Å². The highest BCUT2D eigenvalue weighted by atomic mass is 35.5. The summed E-state index contributed by atoms with van der Waals surface area (Å²) in [4.78, 5) is 0. The van der Waals surface area contributed by atoms with Crippen LogP contribution in [0.5, 0.6) is 5.75 Å². The lowest BCUT2D eigenvalue weighted by Crippen LogP contribution is -2.04. The van der Waals surface area contributed by atoms with Gasteiger partial charge in [-0.1, -0.05) is 71.0 Å². The Morgan fingerprint density at radius 1 is 1.00 bits per heavy atom. The summed E-state index contributed by atoms with van der Waals surface area (Å²) in [6.45, 7) is 2.06. The van der Waals surface area contributed by atoms with Gasteiger partial charge in [0.1, 0.15) is 29.4 Å². The molecule has 172 valence electrons. The first kappa shape index (κ1) is 22.2. The lowest BCUT2D eigenvalue weighted by Gasteiger charge is -2.07. The van der Waals surface area contributed by atoms with Gasteiger partial charge in [0.25, 0.3) is 5.89 Å². The molecule has 34 heavy (non-hydrogen) atoms. The van der Waals surface area contributed by atoms with E-state index in [0.717, 1.165) is 5.56 Å². The number of hydrogen-bond donors (Lipinski definition) is 0. The number of nitrogens with zero attached hydrogens (tertiary/aromatic N) is 6. The zero-order chi connectivity index (χ0) is 23.5. The minimum atomic E-state index is 0.244. The Labute approximate surface area is 204 Å².